The van der Waals surface area contributed by atoms with Crippen LogP contribution in [0.25, 0.3) is 11.0 Å². The summed E-state index contributed by atoms with van der Waals surface area (Å²) in [5.74, 6) is 1.36. The standard InChI is InChI=1S/C23H18Cl2N6O3/c1-31(11-21(27)32)22-5-3-17-19(29-30-23(17)28-22)12-33-15-2-4-18(25)20(9-15)34-16-7-13(10-26)6-14(24)8-16/h2-9H,11-12H2,1H3,(H2,27,32)(H,28,29,30). The number of nitrogens with two attached hydrogens (primary N) is 1. The van der Waals surface area contributed by atoms with Crippen LogP contribution in [0.2, 0.25) is 10.0 Å². The van der Waals surface area contributed by atoms with Gasteiger partial charge in [0.05, 0.1) is 28.9 Å². The lowest BCUT2D eigenvalue weighted by molar-refractivity contribution is -0.116. The molecule has 2 aromatic heterocycles. The molecular formula is C23H18Cl2N6O3. The second-order valence-corrected chi connectivity index (χ2v) is 8.18. The van der Waals surface area contributed by atoms with Crippen molar-refractivity contribution in [2.24, 2.45) is 5.73 Å². The minimum absolute atomic E-state index is 0.0485. The van der Waals surface area contributed by atoms with E-state index in [2.05, 4.69) is 15.2 Å². The van der Waals surface area contributed by atoms with Crippen molar-refractivity contribution in [3.8, 4) is 23.3 Å². The highest BCUT2D eigenvalue weighted by Crippen LogP contribution is 2.34. The molecule has 0 atom stereocenters. The number of carbonyl (C=O) groups excluding carboxylic acids is 1. The molecule has 0 aliphatic heterocycles. The number of pyridine rings is 1. The van der Waals surface area contributed by atoms with Crippen LogP contribution in [-0.2, 0) is 11.4 Å². The number of aromatic amines is 1. The van der Waals surface area contributed by atoms with E-state index >= 15 is 0 Å². The molecular weight excluding hydrogens is 479 g/mol. The van der Waals surface area contributed by atoms with Crippen LogP contribution in [0.4, 0.5) is 5.82 Å². The minimum atomic E-state index is -0.451. The first kappa shape index (κ1) is 23.2. The smallest absolute Gasteiger partial charge is 0.236 e. The molecule has 2 aromatic carbocycles. The lowest BCUT2D eigenvalue weighted by atomic mass is 10.2. The molecule has 172 valence electrons. The molecule has 4 rings (SSSR count). The van der Waals surface area contributed by atoms with Crippen LogP contribution < -0.4 is 20.1 Å². The zero-order valence-electron chi connectivity index (χ0n) is 17.9. The van der Waals surface area contributed by atoms with Crippen molar-refractivity contribution >= 4 is 46.0 Å². The number of nitriles is 1. The Morgan fingerprint density at radius 3 is 2.76 bits per heavy atom. The number of ether oxygens (including phenoxy) is 2. The molecule has 0 aliphatic carbocycles. The van der Waals surface area contributed by atoms with E-state index in [1.54, 1.807) is 48.3 Å². The highest BCUT2D eigenvalue weighted by Gasteiger charge is 2.13. The van der Waals surface area contributed by atoms with Gasteiger partial charge >= 0.3 is 0 Å². The van der Waals surface area contributed by atoms with E-state index in [-0.39, 0.29) is 13.2 Å². The SMILES string of the molecule is CN(CC(N)=O)c1ccc2c(COc3ccc(Cl)c(Oc4cc(Cl)cc(C#N)c4)c3)[nH]nc2n1. The van der Waals surface area contributed by atoms with Gasteiger partial charge in [-0.1, -0.05) is 23.2 Å². The summed E-state index contributed by atoms with van der Waals surface area (Å²) in [6.07, 6.45) is 0. The number of anilines is 1. The molecule has 34 heavy (non-hydrogen) atoms. The lowest BCUT2D eigenvalue weighted by Gasteiger charge is -2.15. The third-order valence-corrected chi connectivity index (χ3v) is 5.31. The van der Waals surface area contributed by atoms with E-state index in [1.807, 2.05) is 12.1 Å². The molecule has 1 amide bonds. The number of carbonyl (C=O) groups is 1. The van der Waals surface area contributed by atoms with Crippen LogP contribution in [0.15, 0.2) is 48.5 Å². The van der Waals surface area contributed by atoms with E-state index in [4.69, 9.17) is 43.7 Å². The van der Waals surface area contributed by atoms with E-state index in [0.717, 1.165) is 11.1 Å². The molecule has 2 heterocycles. The summed E-state index contributed by atoms with van der Waals surface area (Å²) in [5, 5.41) is 17.8. The van der Waals surface area contributed by atoms with Gasteiger partial charge in [-0.3, -0.25) is 9.89 Å². The van der Waals surface area contributed by atoms with Crippen LogP contribution in [-0.4, -0.2) is 34.7 Å². The highest BCUT2D eigenvalue weighted by molar-refractivity contribution is 6.32. The predicted octanol–water partition coefficient (Wildman–Crippen LogP) is 4.43. The van der Waals surface area contributed by atoms with E-state index in [1.165, 1.54) is 6.07 Å². The maximum absolute atomic E-state index is 11.1. The van der Waals surface area contributed by atoms with Gasteiger partial charge in [0.2, 0.25) is 5.91 Å². The Morgan fingerprint density at radius 2 is 2.00 bits per heavy atom. The van der Waals surface area contributed by atoms with Gasteiger partial charge < -0.3 is 20.1 Å². The topological polar surface area (TPSA) is 130 Å². The van der Waals surface area contributed by atoms with Gasteiger partial charge in [-0.2, -0.15) is 10.4 Å². The zero-order valence-corrected chi connectivity index (χ0v) is 19.4. The van der Waals surface area contributed by atoms with Crippen molar-refractivity contribution in [3.05, 3.63) is 69.8 Å². The molecule has 3 N–H and O–H groups in total. The molecule has 0 bridgehead atoms. The van der Waals surface area contributed by atoms with Crippen molar-refractivity contribution in [1.29, 1.82) is 5.26 Å². The van der Waals surface area contributed by atoms with Gasteiger partial charge in [0.1, 0.15) is 29.7 Å². The molecule has 0 saturated carbocycles. The fourth-order valence-corrected chi connectivity index (χ4v) is 3.58. The number of nitrogens with zero attached hydrogens (tertiary/aromatic N) is 4. The zero-order chi connectivity index (χ0) is 24.2. The number of hydrogen-bond donors (Lipinski definition) is 2. The molecule has 0 aliphatic rings. The number of benzene rings is 2. The van der Waals surface area contributed by atoms with E-state index in [0.29, 0.717) is 44.3 Å². The second-order valence-electron chi connectivity index (χ2n) is 7.34. The normalized spacial score (nSPS) is 10.6. The Morgan fingerprint density at radius 1 is 1.18 bits per heavy atom. The molecule has 0 spiro atoms. The fourth-order valence-electron chi connectivity index (χ4n) is 3.20. The molecule has 11 heteroatoms. The highest BCUT2D eigenvalue weighted by atomic mass is 35.5. The fraction of sp³-hybridized carbons (Fsp3) is 0.130. The molecule has 4 aromatic rings. The maximum Gasteiger partial charge on any atom is 0.236 e. The predicted molar refractivity (Wildman–Crippen MR) is 128 cm³/mol. The van der Waals surface area contributed by atoms with Crippen LogP contribution in [0.1, 0.15) is 11.3 Å². The van der Waals surface area contributed by atoms with Gasteiger partial charge in [0, 0.05) is 23.5 Å². The first-order valence-corrected chi connectivity index (χ1v) is 10.7. The van der Waals surface area contributed by atoms with Crippen molar-refractivity contribution in [2.45, 2.75) is 6.61 Å². The number of primary amides is 1. The van der Waals surface area contributed by atoms with E-state index in [9.17, 15) is 4.79 Å². The maximum atomic E-state index is 11.1. The Kier molecular flexibility index (Phi) is 6.72. The van der Waals surface area contributed by atoms with Gasteiger partial charge in [-0.15, -0.1) is 0 Å². The number of amides is 1. The van der Waals surface area contributed by atoms with Crippen LogP contribution in [0.5, 0.6) is 17.2 Å². The largest absolute Gasteiger partial charge is 0.487 e. The van der Waals surface area contributed by atoms with Crippen molar-refractivity contribution in [3.63, 3.8) is 0 Å². The summed E-state index contributed by atoms with van der Waals surface area (Å²) >= 11 is 12.3. The Balaban J connectivity index is 1.49. The van der Waals surface area contributed by atoms with Crippen molar-refractivity contribution in [1.82, 2.24) is 15.2 Å². The first-order chi connectivity index (χ1) is 16.3. The average Bonchev–Trinajstić information content (AvgIpc) is 3.21. The summed E-state index contributed by atoms with van der Waals surface area (Å²) in [7, 11) is 1.72. The summed E-state index contributed by atoms with van der Waals surface area (Å²) in [6.45, 7) is 0.234. The average molecular weight is 497 g/mol. The number of hydrogen-bond acceptors (Lipinski definition) is 7. The number of nitrogens with one attached hydrogen (secondary N) is 1. The lowest BCUT2D eigenvalue weighted by Crippen LogP contribution is -2.30. The third-order valence-electron chi connectivity index (χ3n) is 4.78. The van der Waals surface area contributed by atoms with E-state index < -0.39 is 5.91 Å². The Labute approximate surface area is 204 Å². The van der Waals surface area contributed by atoms with Crippen molar-refractivity contribution in [2.75, 3.05) is 18.5 Å². The summed E-state index contributed by atoms with van der Waals surface area (Å²) in [6, 6.07) is 15.3. The van der Waals surface area contributed by atoms with Crippen molar-refractivity contribution < 1.29 is 14.3 Å². The number of likely N-dealkylation sites (N-methyl/N-ethyl adjacent to an activating group) is 1. The van der Waals surface area contributed by atoms with Gasteiger partial charge in [-0.05, 0) is 42.5 Å². The molecule has 0 radical (unpaired) electrons. The Bertz CT molecular complexity index is 1420. The summed E-state index contributed by atoms with van der Waals surface area (Å²) in [5.41, 5.74) is 6.82. The number of aromatic nitrogens is 3. The number of halogens is 2. The van der Waals surface area contributed by atoms with Gasteiger partial charge in [0.25, 0.3) is 0 Å². The molecule has 0 saturated heterocycles. The quantitative estimate of drug-likeness (QED) is 0.368. The third kappa shape index (κ3) is 5.31. The summed E-state index contributed by atoms with van der Waals surface area (Å²) < 4.78 is 11.7. The number of rotatable bonds is 8. The monoisotopic (exact) mass is 496 g/mol. The molecule has 0 unspecified atom stereocenters. The Hall–Kier alpha value is -4.00. The number of H-pyrrole nitrogens is 1. The van der Waals surface area contributed by atoms with Crippen LogP contribution in [0, 0.1) is 11.3 Å². The van der Waals surface area contributed by atoms with Crippen LogP contribution in [0.3, 0.4) is 0 Å². The second kappa shape index (κ2) is 9.87. The number of fused-ring (bicyclic) bond motifs is 1. The van der Waals surface area contributed by atoms with Crippen LogP contribution >= 0.6 is 23.2 Å². The first-order valence-electron chi connectivity index (χ1n) is 9.96. The molecule has 9 nitrogen and oxygen atoms in total. The van der Waals surface area contributed by atoms with Gasteiger partial charge in [-0.25, -0.2) is 4.98 Å². The minimum Gasteiger partial charge on any atom is -0.487 e. The summed E-state index contributed by atoms with van der Waals surface area (Å²) in [4.78, 5) is 17.2. The molecule has 0 fully saturated rings. The van der Waals surface area contributed by atoms with Gasteiger partial charge in [0.15, 0.2) is 5.65 Å².